The first-order chi connectivity index (χ1) is 11.9. The zero-order valence-electron chi connectivity index (χ0n) is 15.0. The van der Waals surface area contributed by atoms with E-state index in [4.69, 9.17) is 4.42 Å². The quantitative estimate of drug-likeness (QED) is 0.755. The molecule has 1 aromatic carbocycles. The third kappa shape index (κ3) is 4.23. The lowest BCUT2D eigenvalue weighted by Crippen LogP contribution is -2.44. The first-order valence-corrected chi connectivity index (χ1v) is 8.73. The Hall–Kier alpha value is -2.27. The smallest absolute Gasteiger partial charge is 0.314 e. The molecule has 1 saturated carbocycles. The van der Waals surface area contributed by atoms with Crippen molar-refractivity contribution < 1.29 is 14.3 Å². The maximum Gasteiger partial charge on any atom is 0.314 e. The molecule has 5 heteroatoms. The van der Waals surface area contributed by atoms with E-state index in [0.29, 0.717) is 29.7 Å². The summed E-state index contributed by atoms with van der Waals surface area (Å²) < 4.78 is 5.46. The largest absolute Gasteiger partial charge is 0.466 e. The van der Waals surface area contributed by atoms with Gasteiger partial charge in [-0.05, 0) is 50.7 Å². The van der Waals surface area contributed by atoms with Crippen LogP contribution in [0.1, 0.15) is 41.9 Å². The van der Waals surface area contributed by atoms with Crippen molar-refractivity contribution >= 4 is 6.03 Å². The first-order valence-electron chi connectivity index (χ1n) is 8.73. The molecule has 0 bridgehead atoms. The Bertz CT molecular complexity index is 737. The molecule has 5 nitrogen and oxygen atoms in total. The molecule has 1 heterocycles. The van der Waals surface area contributed by atoms with Crippen LogP contribution in [0.2, 0.25) is 0 Å². The van der Waals surface area contributed by atoms with Crippen molar-refractivity contribution in [2.75, 3.05) is 13.1 Å². The summed E-state index contributed by atoms with van der Waals surface area (Å²) in [4.78, 5) is 12.0. The van der Waals surface area contributed by atoms with Crippen molar-refractivity contribution in [3.63, 3.8) is 0 Å². The van der Waals surface area contributed by atoms with Gasteiger partial charge in [-0.25, -0.2) is 4.79 Å². The van der Waals surface area contributed by atoms with E-state index in [2.05, 4.69) is 22.8 Å². The van der Waals surface area contributed by atoms with Gasteiger partial charge in [-0.2, -0.15) is 0 Å². The normalized spacial score (nSPS) is 21.4. The predicted molar refractivity (Wildman–Crippen MR) is 96.4 cm³/mol. The summed E-state index contributed by atoms with van der Waals surface area (Å²) in [7, 11) is 0. The van der Waals surface area contributed by atoms with E-state index < -0.39 is 5.60 Å². The number of hydrogen-bond acceptors (Lipinski definition) is 3. The van der Waals surface area contributed by atoms with Crippen molar-refractivity contribution in [2.45, 2.75) is 38.7 Å². The van der Waals surface area contributed by atoms with Crippen LogP contribution in [-0.2, 0) is 5.60 Å². The fraction of sp³-hybridized carbons (Fsp3) is 0.450. The molecule has 3 unspecified atom stereocenters. The van der Waals surface area contributed by atoms with Crippen molar-refractivity contribution in [3.05, 3.63) is 59.0 Å². The van der Waals surface area contributed by atoms with Gasteiger partial charge in [0.05, 0.1) is 6.54 Å². The first kappa shape index (κ1) is 17.5. The monoisotopic (exact) mass is 342 g/mol. The SMILES string of the molecule is Cc1cc(C(C)(O)CNC(=O)NCC2CC2c2ccccc2)c(C)o1. The molecule has 25 heavy (non-hydrogen) atoms. The lowest BCUT2D eigenvalue weighted by Gasteiger charge is -2.23. The Morgan fingerprint density at radius 3 is 2.64 bits per heavy atom. The molecule has 0 saturated heterocycles. The van der Waals surface area contributed by atoms with Crippen molar-refractivity contribution in [3.8, 4) is 0 Å². The minimum atomic E-state index is -1.16. The molecular weight excluding hydrogens is 316 g/mol. The van der Waals surface area contributed by atoms with Gasteiger partial charge in [-0.15, -0.1) is 0 Å². The summed E-state index contributed by atoms with van der Waals surface area (Å²) in [6, 6.07) is 11.9. The molecule has 3 atom stereocenters. The van der Waals surface area contributed by atoms with Gasteiger partial charge in [-0.1, -0.05) is 30.3 Å². The highest BCUT2D eigenvalue weighted by Crippen LogP contribution is 2.46. The van der Waals surface area contributed by atoms with Crippen LogP contribution in [0.15, 0.2) is 40.8 Å². The maximum atomic E-state index is 12.0. The second kappa shape index (κ2) is 6.92. The number of furan rings is 1. The molecule has 2 amide bonds. The van der Waals surface area contributed by atoms with Crippen LogP contribution >= 0.6 is 0 Å². The molecule has 3 rings (SSSR count). The van der Waals surface area contributed by atoms with Crippen LogP contribution in [0.4, 0.5) is 4.79 Å². The molecule has 0 aliphatic heterocycles. The van der Waals surface area contributed by atoms with E-state index in [9.17, 15) is 9.90 Å². The van der Waals surface area contributed by atoms with Crippen LogP contribution in [0.25, 0.3) is 0 Å². The number of aliphatic hydroxyl groups is 1. The van der Waals surface area contributed by atoms with Crippen molar-refractivity contribution in [1.29, 1.82) is 0 Å². The number of aryl methyl sites for hydroxylation is 2. The number of hydrogen-bond donors (Lipinski definition) is 3. The third-order valence-corrected chi connectivity index (χ3v) is 4.89. The summed E-state index contributed by atoms with van der Waals surface area (Å²) in [5.74, 6) is 2.46. The Labute approximate surface area is 148 Å². The highest BCUT2D eigenvalue weighted by Gasteiger charge is 2.38. The fourth-order valence-electron chi connectivity index (χ4n) is 3.38. The number of nitrogens with one attached hydrogen (secondary N) is 2. The number of rotatable bonds is 6. The summed E-state index contributed by atoms with van der Waals surface area (Å²) in [5, 5.41) is 16.3. The van der Waals surface area contributed by atoms with Crippen LogP contribution in [-0.4, -0.2) is 24.2 Å². The Morgan fingerprint density at radius 1 is 1.28 bits per heavy atom. The van der Waals surface area contributed by atoms with Gasteiger partial charge in [-0.3, -0.25) is 0 Å². The molecule has 1 aliphatic rings. The zero-order chi connectivity index (χ0) is 18.0. The lowest BCUT2D eigenvalue weighted by atomic mass is 9.96. The van der Waals surface area contributed by atoms with Crippen LogP contribution in [0.5, 0.6) is 0 Å². The summed E-state index contributed by atoms with van der Waals surface area (Å²) in [5.41, 5.74) is 0.880. The molecule has 1 aliphatic carbocycles. The highest BCUT2D eigenvalue weighted by molar-refractivity contribution is 5.74. The van der Waals surface area contributed by atoms with E-state index in [-0.39, 0.29) is 12.6 Å². The third-order valence-electron chi connectivity index (χ3n) is 4.89. The molecule has 3 N–H and O–H groups in total. The second-order valence-electron chi connectivity index (χ2n) is 7.18. The number of urea groups is 1. The van der Waals surface area contributed by atoms with E-state index in [1.807, 2.05) is 38.1 Å². The average molecular weight is 342 g/mol. The zero-order valence-corrected chi connectivity index (χ0v) is 15.0. The highest BCUT2D eigenvalue weighted by atomic mass is 16.3. The predicted octanol–water partition coefficient (Wildman–Crippen LogP) is 3.21. The lowest BCUT2D eigenvalue weighted by molar-refractivity contribution is 0.0579. The summed E-state index contributed by atoms with van der Waals surface area (Å²) >= 11 is 0. The molecule has 0 spiro atoms. The minimum Gasteiger partial charge on any atom is -0.466 e. The van der Waals surface area contributed by atoms with Crippen molar-refractivity contribution in [2.24, 2.45) is 5.92 Å². The summed E-state index contributed by atoms with van der Waals surface area (Å²) in [6.45, 7) is 6.11. The molecular formula is C20H26N2O3. The fourth-order valence-corrected chi connectivity index (χ4v) is 3.38. The number of benzene rings is 1. The van der Waals surface area contributed by atoms with Gasteiger partial charge < -0.3 is 20.2 Å². The van der Waals surface area contributed by atoms with Crippen LogP contribution in [0, 0.1) is 19.8 Å². The van der Waals surface area contributed by atoms with Gasteiger partial charge in [0.2, 0.25) is 0 Å². The van der Waals surface area contributed by atoms with Crippen LogP contribution in [0.3, 0.4) is 0 Å². The number of carbonyl (C=O) groups excluding carboxylic acids is 1. The minimum absolute atomic E-state index is 0.130. The van der Waals surface area contributed by atoms with E-state index in [1.165, 1.54) is 5.56 Å². The van der Waals surface area contributed by atoms with Gasteiger partial charge in [0.25, 0.3) is 0 Å². The van der Waals surface area contributed by atoms with Gasteiger partial charge >= 0.3 is 6.03 Å². The number of carbonyl (C=O) groups is 1. The molecule has 134 valence electrons. The topological polar surface area (TPSA) is 74.5 Å². The second-order valence-corrected chi connectivity index (χ2v) is 7.18. The maximum absolute atomic E-state index is 12.0. The Morgan fingerprint density at radius 2 is 2.00 bits per heavy atom. The number of amides is 2. The van der Waals surface area contributed by atoms with E-state index >= 15 is 0 Å². The molecule has 2 aromatic rings. The molecule has 1 fully saturated rings. The van der Waals surface area contributed by atoms with Gasteiger partial charge in [0.15, 0.2) is 0 Å². The van der Waals surface area contributed by atoms with Crippen molar-refractivity contribution in [1.82, 2.24) is 10.6 Å². The van der Waals surface area contributed by atoms with Gasteiger partial charge in [0, 0.05) is 12.1 Å². The van der Waals surface area contributed by atoms with E-state index in [0.717, 1.165) is 12.2 Å². The standard InChI is InChI=1S/C20H26N2O3/c1-13-9-18(14(2)25-13)20(3,24)12-22-19(23)21-11-16-10-17(16)15-7-5-4-6-8-15/h4-9,16-17,24H,10-12H2,1-3H3,(H2,21,22,23). The Balaban J connectivity index is 1.44. The summed E-state index contributed by atoms with van der Waals surface area (Å²) in [6.07, 6.45) is 1.11. The van der Waals surface area contributed by atoms with Crippen LogP contribution < -0.4 is 10.6 Å². The van der Waals surface area contributed by atoms with Gasteiger partial charge in [0.1, 0.15) is 17.1 Å². The van der Waals surface area contributed by atoms with E-state index in [1.54, 1.807) is 6.92 Å². The molecule has 1 aromatic heterocycles. The Kier molecular flexibility index (Phi) is 4.86. The molecule has 0 radical (unpaired) electrons. The average Bonchev–Trinajstić information content (AvgIpc) is 3.28.